The van der Waals surface area contributed by atoms with E-state index in [4.69, 9.17) is 28.5 Å². The number of nitrogens with zero attached hydrogens (tertiary/aromatic N) is 2. The van der Waals surface area contributed by atoms with E-state index in [1.54, 1.807) is 0 Å². The summed E-state index contributed by atoms with van der Waals surface area (Å²) in [5.74, 6) is -1.26. The molecule has 5 nitrogen and oxygen atoms in total. The summed E-state index contributed by atoms with van der Waals surface area (Å²) in [7, 11) is 0. The van der Waals surface area contributed by atoms with E-state index in [1.807, 2.05) is 6.07 Å². The van der Waals surface area contributed by atoms with E-state index in [-0.39, 0.29) is 33.9 Å². The molecule has 0 aliphatic rings. The molecule has 1 N–H and O–H groups in total. The summed E-state index contributed by atoms with van der Waals surface area (Å²) in [6.45, 7) is -0.133. The first-order chi connectivity index (χ1) is 13.4. The average molecular weight is 416 g/mol. The van der Waals surface area contributed by atoms with Gasteiger partial charge in [0.2, 0.25) is 0 Å². The van der Waals surface area contributed by atoms with E-state index < -0.39 is 17.3 Å². The molecule has 0 bridgehead atoms. The molecule has 8 heteroatoms. The lowest BCUT2D eigenvalue weighted by Crippen LogP contribution is -2.29. The molecule has 1 heterocycles. The maximum absolute atomic E-state index is 14.0. The summed E-state index contributed by atoms with van der Waals surface area (Å²) in [6.07, 6.45) is 1.43. The van der Waals surface area contributed by atoms with Crippen LogP contribution in [0.4, 0.5) is 10.1 Å². The SMILES string of the molecule is N#Cc1ccc(Cl)cc1NC(=O)c1cccn(Cc2c(F)cccc2Cl)c1=O. The Kier molecular flexibility index (Phi) is 5.78. The smallest absolute Gasteiger partial charge is 0.263 e. The van der Waals surface area contributed by atoms with Crippen LogP contribution < -0.4 is 10.9 Å². The lowest BCUT2D eigenvalue weighted by molar-refractivity contribution is 0.102. The molecule has 0 saturated heterocycles. The van der Waals surface area contributed by atoms with Crippen molar-refractivity contribution >= 4 is 34.8 Å². The zero-order valence-corrected chi connectivity index (χ0v) is 15.8. The summed E-state index contributed by atoms with van der Waals surface area (Å²) in [4.78, 5) is 25.3. The van der Waals surface area contributed by atoms with Crippen molar-refractivity contribution in [2.24, 2.45) is 0 Å². The first-order valence-corrected chi connectivity index (χ1v) is 8.79. The minimum atomic E-state index is -0.710. The highest BCUT2D eigenvalue weighted by molar-refractivity contribution is 6.31. The number of carbonyl (C=O) groups is 1. The molecule has 0 radical (unpaired) electrons. The van der Waals surface area contributed by atoms with E-state index >= 15 is 0 Å². The van der Waals surface area contributed by atoms with Gasteiger partial charge >= 0.3 is 0 Å². The van der Waals surface area contributed by atoms with Crippen LogP contribution in [0.3, 0.4) is 0 Å². The van der Waals surface area contributed by atoms with Crippen LogP contribution in [0.5, 0.6) is 0 Å². The molecule has 2 aromatic carbocycles. The van der Waals surface area contributed by atoms with Gasteiger partial charge in [-0.15, -0.1) is 0 Å². The third kappa shape index (κ3) is 4.06. The molecule has 0 spiro atoms. The number of anilines is 1. The Bertz CT molecular complexity index is 1150. The maximum Gasteiger partial charge on any atom is 0.263 e. The highest BCUT2D eigenvalue weighted by Gasteiger charge is 2.16. The van der Waals surface area contributed by atoms with Crippen molar-refractivity contribution in [1.29, 1.82) is 5.26 Å². The number of nitriles is 1. The van der Waals surface area contributed by atoms with Gasteiger partial charge in [-0.2, -0.15) is 5.26 Å². The van der Waals surface area contributed by atoms with Crippen molar-refractivity contribution in [3.63, 3.8) is 0 Å². The molecule has 3 rings (SSSR count). The van der Waals surface area contributed by atoms with Crippen LogP contribution in [-0.4, -0.2) is 10.5 Å². The molecule has 0 unspecified atom stereocenters. The zero-order valence-electron chi connectivity index (χ0n) is 14.2. The Morgan fingerprint density at radius 1 is 1.18 bits per heavy atom. The van der Waals surface area contributed by atoms with Crippen LogP contribution in [-0.2, 0) is 6.54 Å². The standard InChI is InChI=1S/C20H12Cl2FN3O2/c21-13-7-6-12(10-24)18(9-13)25-19(27)14-3-2-8-26(20(14)28)11-15-16(22)4-1-5-17(15)23/h1-9H,11H2,(H,25,27). The fourth-order valence-electron chi connectivity index (χ4n) is 2.59. The first-order valence-electron chi connectivity index (χ1n) is 8.04. The molecular weight excluding hydrogens is 404 g/mol. The third-order valence-electron chi connectivity index (χ3n) is 4.01. The predicted octanol–water partition coefficient (Wildman–Crippen LogP) is 4.47. The number of pyridine rings is 1. The number of halogens is 3. The highest BCUT2D eigenvalue weighted by atomic mass is 35.5. The number of rotatable bonds is 4. The first kappa shape index (κ1) is 19.6. The molecule has 28 heavy (non-hydrogen) atoms. The van der Waals surface area contributed by atoms with Gasteiger partial charge in [0, 0.05) is 21.8 Å². The molecule has 1 amide bonds. The van der Waals surface area contributed by atoms with Crippen LogP contribution in [0.15, 0.2) is 59.5 Å². The molecule has 3 aromatic rings. The molecular formula is C20H12Cl2FN3O2. The minimum Gasteiger partial charge on any atom is -0.321 e. The van der Waals surface area contributed by atoms with Gasteiger partial charge in [-0.25, -0.2) is 4.39 Å². The molecule has 0 aliphatic carbocycles. The van der Waals surface area contributed by atoms with E-state index in [1.165, 1.54) is 59.3 Å². The van der Waals surface area contributed by atoms with Crippen molar-refractivity contribution in [2.75, 3.05) is 5.32 Å². The number of amides is 1. The Morgan fingerprint density at radius 3 is 2.68 bits per heavy atom. The molecule has 140 valence electrons. The monoisotopic (exact) mass is 415 g/mol. The van der Waals surface area contributed by atoms with Gasteiger partial charge in [-0.3, -0.25) is 9.59 Å². The molecule has 0 saturated carbocycles. The Labute approximate surface area is 169 Å². The number of aromatic nitrogens is 1. The van der Waals surface area contributed by atoms with E-state index in [0.29, 0.717) is 5.02 Å². The number of hydrogen-bond acceptors (Lipinski definition) is 3. The summed E-state index contributed by atoms with van der Waals surface area (Å²) in [5, 5.41) is 12.2. The highest BCUT2D eigenvalue weighted by Crippen LogP contribution is 2.21. The van der Waals surface area contributed by atoms with Crippen LogP contribution in [0.2, 0.25) is 10.0 Å². The van der Waals surface area contributed by atoms with Crippen LogP contribution in [0.1, 0.15) is 21.5 Å². The summed E-state index contributed by atoms with van der Waals surface area (Å²) < 4.78 is 15.2. The fourth-order valence-corrected chi connectivity index (χ4v) is 2.99. The molecule has 0 aliphatic heterocycles. The largest absolute Gasteiger partial charge is 0.321 e. The van der Waals surface area contributed by atoms with Crippen LogP contribution >= 0.6 is 23.2 Å². The summed E-state index contributed by atoms with van der Waals surface area (Å²) >= 11 is 11.9. The summed E-state index contributed by atoms with van der Waals surface area (Å²) in [6, 6.07) is 13.4. The van der Waals surface area contributed by atoms with Gasteiger partial charge in [0.25, 0.3) is 11.5 Å². The van der Waals surface area contributed by atoms with E-state index in [2.05, 4.69) is 5.32 Å². The van der Waals surface area contributed by atoms with Crippen LogP contribution in [0.25, 0.3) is 0 Å². The van der Waals surface area contributed by atoms with Crippen molar-refractivity contribution in [2.45, 2.75) is 6.54 Å². The number of hydrogen-bond donors (Lipinski definition) is 1. The van der Waals surface area contributed by atoms with Gasteiger partial charge in [-0.05, 0) is 42.5 Å². The lowest BCUT2D eigenvalue weighted by Gasteiger charge is -2.11. The minimum absolute atomic E-state index is 0.133. The van der Waals surface area contributed by atoms with Crippen molar-refractivity contribution in [3.8, 4) is 6.07 Å². The average Bonchev–Trinajstić information content (AvgIpc) is 2.66. The second kappa shape index (κ2) is 8.26. The quantitative estimate of drug-likeness (QED) is 0.682. The lowest BCUT2D eigenvalue weighted by atomic mass is 10.1. The topological polar surface area (TPSA) is 74.9 Å². The van der Waals surface area contributed by atoms with E-state index in [9.17, 15) is 14.0 Å². The van der Waals surface area contributed by atoms with Gasteiger partial charge in [0.1, 0.15) is 17.4 Å². The number of carbonyl (C=O) groups excluding carboxylic acids is 1. The second-order valence-corrected chi connectivity index (χ2v) is 6.65. The van der Waals surface area contributed by atoms with Crippen molar-refractivity contribution in [1.82, 2.24) is 4.57 Å². The van der Waals surface area contributed by atoms with Gasteiger partial charge < -0.3 is 9.88 Å². The van der Waals surface area contributed by atoms with Crippen LogP contribution in [0, 0.1) is 17.1 Å². The van der Waals surface area contributed by atoms with Gasteiger partial charge in [0.05, 0.1) is 17.8 Å². The van der Waals surface area contributed by atoms with Gasteiger partial charge in [0.15, 0.2) is 0 Å². The third-order valence-corrected chi connectivity index (χ3v) is 4.59. The maximum atomic E-state index is 14.0. The predicted molar refractivity (Wildman–Crippen MR) is 105 cm³/mol. The number of benzene rings is 2. The Morgan fingerprint density at radius 2 is 1.96 bits per heavy atom. The van der Waals surface area contributed by atoms with Crippen molar-refractivity contribution in [3.05, 3.63) is 97.6 Å². The molecule has 1 aromatic heterocycles. The van der Waals surface area contributed by atoms with E-state index in [0.717, 1.165) is 0 Å². The fraction of sp³-hybridized carbons (Fsp3) is 0.0500. The molecule has 0 atom stereocenters. The second-order valence-electron chi connectivity index (χ2n) is 5.81. The Hall–Kier alpha value is -3.14. The Balaban J connectivity index is 1.93. The summed E-state index contributed by atoms with van der Waals surface area (Å²) in [5.41, 5.74) is -0.261. The zero-order chi connectivity index (χ0) is 20.3. The normalized spacial score (nSPS) is 10.4. The van der Waals surface area contributed by atoms with Gasteiger partial charge in [-0.1, -0.05) is 29.3 Å². The number of nitrogens with one attached hydrogen (secondary N) is 1. The van der Waals surface area contributed by atoms with Crippen molar-refractivity contribution < 1.29 is 9.18 Å². The molecule has 0 fully saturated rings.